The van der Waals surface area contributed by atoms with Gasteiger partial charge in [-0.1, -0.05) is 38.5 Å². The van der Waals surface area contributed by atoms with Crippen LogP contribution >= 0.6 is 0 Å². The minimum atomic E-state index is -1.33. The van der Waals surface area contributed by atoms with E-state index in [2.05, 4.69) is 20.9 Å². The number of aromatic amines is 1. The number of H-pyrrole nitrogens is 1. The molecule has 214 valence electrons. The van der Waals surface area contributed by atoms with Gasteiger partial charge in [0.2, 0.25) is 23.6 Å². The van der Waals surface area contributed by atoms with Crippen molar-refractivity contribution in [2.24, 2.45) is 17.4 Å². The lowest BCUT2D eigenvalue weighted by atomic mass is 9.96. The zero-order valence-electron chi connectivity index (χ0n) is 22.3. The zero-order chi connectivity index (χ0) is 29.3. The van der Waals surface area contributed by atoms with Gasteiger partial charge in [0.1, 0.15) is 24.2 Å². The van der Waals surface area contributed by atoms with Crippen molar-refractivity contribution in [2.45, 2.75) is 76.7 Å². The second-order valence-corrected chi connectivity index (χ2v) is 9.67. The Bertz CT molecular complexity index is 1180. The van der Waals surface area contributed by atoms with Gasteiger partial charge < -0.3 is 42.6 Å². The number of primary amides is 1. The van der Waals surface area contributed by atoms with E-state index in [1.54, 1.807) is 20.0 Å². The molecule has 0 saturated heterocycles. The second-order valence-electron chi connectivity index (χ2n) is 9.67. The summed E-state index contributed by atoms with van der Waals surface area (Å²) in [6.07, 6.45) is 0.490. The van der Waals surface area contributed by atoms with Crippen LogP contribution in [0.2, 0.25) is 0 Å². The first-order valence-electron chi connectivity index (χ1n) is 12.8. The fourth-order valence-electron chi connectivity index (χ4n) is 3.98. The molecule has 13 heteroatoms. The number of benzene rings is 1. The summed E-state index contributed by atoms with van der Waals surface area (Å²) < 4.78 is 0. The number of para-hydroxylation sites is 1. The number of amides is 4. The van der Waals surface area contributed by atoms with Crippen LogP contribution in [0, 0.1) is 5.92 Å². The van der Waals surface area contributed by atoms with E-state index in [9.17, 15) is 34.2 Å². The standard InChI is InChI=1S/C26H38N6O7/c1-4-13(2)22(32-24(36)21(28)14(3)33)25(37)30-18(9-10-20(27)34)23(35)31-19(26(38)39)11-15-12-29-17-8-6-5-7-16(15)17/h5-8,12-14,18-19,21-22,29,33H,4,9-11,28H2,1-3H3,(H2,27,34)(H,30,37)(H,31,35)(H,32,36)(H,38,39). The number of carbonyl (C=O) groups excluding carboxylic acids is 4. The van der Waals surface area contributed by atoms with Crippen molar-refractivity contribution in [2.75, 3.05) is 0 Å². The van der Waals surface area contributed by atoms with Gasteiger partial charge in [-0.05, 0) is 30.9 Å². The molecule has 0 bridgehead atoms. The van der Waals surface area contributed by atoms with Gasteiger partial charge in [0.05, 0.1) is 6.10 Å². The van der Waals surface area contributed by atoms with Crippen molar-refractivity contribution in [3.63, 3.8) is 0 Å². The van der Waals surface area contributed by atoms with E-state index in [-0.39, 0.29) is 25.2 Å². The van der Waals surface area contributed by atoms with Crippen molar-refractivity contribution in [1.82, 2.24) is 20.9 Å². The first-order valence-corrected chi connectivity index (χ1v) is 12.8. The number of aliphatic hydroxyl groups is 1. The topological polar surface area (TPSA) is 230 Å². The Balaban J connectivity index is 2.23. The average molecular weight is 547 g/mol. The van der Waals surface area contributed by atoms with Gasteiger partial charge in [0, 0.05) is 29.9 Å². The zero-order valence-corrected chi connectivity index (χ0v) is 22.3. The number of aliphatic hydroxyl groups excluding tert-OH is 1. The molecule has 4 amide bonds. The first-order chi connectivity index (χ1) is 18.3. The molecule has 0 aliphatic heterocycles. The van der Waals surface area contributed by atoms with Gasteiger partial charge in [-0.2, -0.15) is 0 Å². The van der Waals surface area contributed by atoms with Crippen LogP contribution in [0.4, 0.5) is 0 Å². The summed E-state index contributed by atoms with van der Waals surface area (Å²) in [6.45, 7) is 4.84. The van der Waals surface area contributed by atoms with Gasteiger partial charge in [-0.25, -0.2) is 4.79 Å². The van der Waals surface area contributed by atoms with E-state index in [1.807, 2.05) is 24.3 Å². The molecule has 0 aliphatic carbocycles. The lowest BCUT2D eigenvalue weighted by Gasteiger charge is -2.28. The largest absolute Gasteiger partial charge is 0.480 e. The van der Waals surface area contributed by atoms with Gasteiger partial charge in [-0.15, -0.1) is 0 Å². The summed E-state index contributed by atoms with van der Waals surface area (Å²) in [5, 5.41) is 27.7. The van der Waals surface area contributed by atoms with Crippen LogP contribution in [-0.2, 0) is 30.4 Å². The molecule has 1 aromatic heterocycles. The number of carboxylic acid groups (broad SMARTS) is 1. The fourth-order valence-corrected chi connectivity index (χ4v) is 3.98. The first kappa shape index (κ1) is 31.2. The van der Waals surface area contributed by atoms with Crippen molar-refractivity contribution in [1.29, 1.82) is 0 Å². The molecule has 0 aliphatic rings. The van der Waals surface area contributed by atoms with Crippen LogP contribution in [0.1, 0.15) is 45.6 Å². The van der Waals surface area contributed by atoms with E-state index < -0.39 is 59.9 Å². The normalized spacial score (nSPS) is 15.8. The number of hydrogen-bond donors (Lipinski definition) is 8. The Morgan fingerprint density at radius 1 is 0.974 bits per heavy atom. The summed E-state index contributed by atoms with van der Waals surface area (Å²) >= 11 is 0. The third-order valence-electron chi connectivity index (χ3n) is 6.64. The van der Waals surface area contributed by atoms with Gasteiger partial charge in [0.25, 0.3) is 0 Å². The number of nitrogens with one attached hydrogen (secondary N) is 4. The summed E-state index contributed by atoms with van der Waals surface area (Å²) in [5.41, 5.74) is 12.4. The van der Waals surface area contributed by atoms with E-state index in [4.69, 9.17) is 11.5 Å². The number of carboxylic acids is 1. The summed E-state index contributed by atoms with van der Waals surface area (Å²) in [7, 11) is 0. The molecule has 0 saturated carbocycles. The van der Waals surface area contributed by atoms with E-state index >= 15 is 0 Å². The van der Waals surface area contributed by atoms with Crippen molar-refractivity contribution in [3.05, 3.63) is 36.0 Å². The summed E-state index contributed by atoms with van der Waals surface area (Å²) in [4.78, 5) is 65.3. The molecule has 10 N–H and O–H groups in total. The van der Waals surface area contributed by atoms with Crippen LogP contribution in [0.25, 0.3) is 10.9 Å². The summed E-state index contributed by atoms with van der Waals surface area (Å²) in [5.74, 6) is -4.71. The third kappa shape index (κ3) is 8.79. The molecule has 1 heterocycles. The van der Waals surface area contributed by atoms with Gasteiger partial charge >= 0.3 is 5.97 Å². The third-order valence-corrected chi connectivity index (χ3v) is 6.64. The monoisotopic (exact) mass is 546 g/mol. The maximum absolute atomic E-state index is 13.2. The SMILES string of the molecule is CCC(C)C(NC(=O)C(N)C(C)O)C(=O)NC(CCC(N)=O)C(=O)NC(Cc1c[nH]c2ccccc12)C(=O)O. The molecule has 0 fully saturated rings. The lowest BCUT2D eigenvalue weighted by Crippen LogP contribution is -2.59. The second kappa shape index (κ2) is 14.3. The minimum absolute atomic E-state index is 0.0373. The Kier molecular flexibility index (Phi) is 11.4. The smallest absolute Gasteiger partial charge is 0.326 e. The van der Waals surface area contributed by atoms with Crippen LogP contribution in [0.5, 0.6) is 0 Å². The van der Waals surface area contributed by atoms with E-state index in [0.717, 1.165) is 10.9 Å². The molecular formula is C26H38N6O7. The van der Waals surface area contributed by atoms with Crippen LogP contribution < -0.4 is 27.4 Å². The van der Waals surface area contributed by atoms with E-state index in [1.165, 1.54) is 6.92 Å². The Labute approximate surface area is 226 Å². The predicted octanol–water partition coefficient (Wildman–Crippen LogP) is -0.731. The molecule has 1 aromatic carbocycles. The number of nitrogens with two attached hydrogens (primary N) is 2. The van der Waals surface area contributed by atoms with Crippen LogP contribution in [-0.4, -0.2) is 75.1 Å². The predicted molar refractivity (Wildman–Crippen MR) is 143 cm³/mol. The van der Waals surface area contributed by atoms with Crippen molar-refractivity contribution >= 4 is 40.5 Å². The highest BCUT2D eigenvalue weighted by Crippen LogP contribution is 2.19. The number of fused-ring (bicyclic) bond motifs is 1. The molecule has 2 aromatic rings. The van der Waals surface area contributed by atoms with Gasteiger partial charge in [0.15, 0.2) is 0 Å². The van der Waals surface area contributed by atoms with Crippen molar-refractivity contribution in [3.8, 4) is 0 Å². The molecule has 0 spiro atoms. The average Bonchev–Trinajstić information content (AvgIpc) is 3.30. The highest BCUT2D eigenvalue weighted by molar-refractivity contribution is 5.95. The molecule has 39 heavy (non-hydrogen) atoms. The molecule has 0 radical (unpaired) electrons. The Morgan fingerprint density at radius 3 is 2.21 bits per heavy atom. The number of aromatic nitrogens is 1. The molecule has 13 nitrogen and oxygen atoms in total. The lowest BCUT2D eigenvalue weighted by molar-refractivity contribution is -0.142. The van der Waals surface area contributed by atoms with Gasteiger partial charge in [-0.3, -0.25) is 19.2 Å². The number of aliphatic carboxylic acids is 1. The fraction of sp³-hybridized carbons (Fsp3) is 0.500. The maximum Gasteiger partial charge on any atom is 0.326 e. The number of carbonyl (C=O) groups is 5. The highest BCUT2D eigenvalue weighted by atomic mass is 16.4. The maximum atomic E-state index is 13.2. The quantitative estimate of drug-likeness (QED) is 0.142. The van der Waals surface area contributed by atoms with Crippen LogP contribution in [0.15, 0.2) is 30.5 Å². The molecular weight excluding hydrogens is 508 g/mol. The minimum Gasteiger partial charge on any atom is -0.480 e. The number of rotatable bonds is 15. The summed E-state index contributed by atoms with van der Waals surface area (Å²) in [6, 6.07) is 2.26. The molecule has 6 unspecified atom stereocenters. The van der Waals surface area contributed by atoms with E-state index in [0.29, 0.717) is 12.0 Å². The highest BCUT2D eigenvalue weighted by Gasteiger charge is 2.33. The Morgan fingerprint density at radius 2 is 1.62 bits per heavy atom. The molecule has 2 rings (SSSR count). The number of hydrogen-bond acceptors (Lipinski definition) is 7. The Hall–Kier alpha value is -3.97. The molecule has 6 atom stereocenters. The van der Waals surface area contributed by atoms with Crippen molar-refractivity contribution < 1.29 is 34.2 Å². The van der Waals surface area contributed by atoms with Crippen LogP contribution in [0.3, 0.4) is 0 Å².